The van der Waals surface area contributed by atoms with Gasteiger partial charge in [0.25, 0.3) is 0 Å². The summed E-state index contributed by atoms with van der Waals surface area (Å²) in [6.07, 6.45) is 0.724. The molecule has 0 saturated heterocycles. The first-order valence-corrected chi connectivity index (χ1v) is 4.28. The predicted octanol–water partition coefficient (Wildman–Crippen LogP) is 2.56. The minimum atomic E-state index is 0.375. The standard InChI is InChI=1S/C11H10O3/c1-7-10-5-8(13-2)3-4-9(10)11(6-12)14-7/h3-6H,1-2H3. The molecule has 0 aliphatic rings. The topological polar surface area (TPSA) is 39.4 Å². The summed E-state index contributed by atoms with van der Waals surface area (Å²) in [5.74, 6) is 1.88. The van der Waals surface area contributed by atoms with E-state index in [2.05, 4.69) is 0 Å². The van der Waals surface area contributed by atoms with Gasteiger partial charge in [0.05, 0.1) is 7.11 Å². The third-order valence-electron chi connectivity index (χ3n) is 2.24. The molecule has 0 radical (unpaired) electrons. The zero-order valence-electron chi connectivity index (χ0n) is 8.03. The molecule has 0 atom stereocenters. The summed E-state index contributed by atoms with van der Waals surface area (Å²) in [6.45, 7) is 1.83. The van der Waals surface area contributed by atoms with Gasteiger partial charge in [-0.3, -0.25) is 4.79 Å². The van der Waals surface area contributed by atoms with E-state index in [9.17, 15) is 4.79 Å². The molecule has 0 aliphatic carbocycles. The lowest BCUT2D eigenvalue weighted by Crippen LogP contribution is -1.81. The van der Waals surface area contributed by atoms with Gasteiger partial charge >= 0.3 is 0 Å². The number of hydrogen-bond donors (Lipinski definition) is 0. The molecular weight excluding hydrogens is 180 g/mol. The van der Waals surface area contributed by atoms with Crippen LogP contribution in [0.5, 0.6) is 5.75 Å². The van der Waals surface area contributed by atoms with E-state index in [-0.39, 0.29) is 0 Å². The van der Waals surface area contributed by atoms with E-state index in [0.29, 0.717) is 5.76 Å². The van der Waals surface area contributed by atoms with Crippen molar-refractivity contribution in [2.75, 3.05) is 7.11 Å². The minimum absolute atomic E-state index is 0.375. The van der Waals surface area contributed by atoms with E-state index < -0.39 is 0 Å². The van der Waals surface area contributed by atoms with Crippen LogP contribution in [0, 0.1) is 6.92 Å². The normalized spacial score (nSPS) is 10.4. The molecule has 3 nitrogen and oxygen atoms in total. The highest BCUT2D eigenvalue weighted by Crippen LogP contribution is 2.27. The van der Waals surface area contributed by atoms with Crippen molar-refractivity contribution in [3.63, 3.8) is 0 Å². The van der Waals surface area contributed by atoms with Gasteiger partial charge in [0.15, 0.2) is 12.0 Å². The highest BCUT2D eigenvalue weighted by atomic mass is 16.5. The van der Waals surface area contributed by atoms with E-state index in [1.807, 2.05) is 25.1 Å². The second kappa shape index (κ2) is 3.18. The number of fused-ring (bicyclic) bond motifs is 1. The van der Waals surface area contributed by atoms with Crippen molar-refractivity contribution in [1.29, 1.82) is 0 Å². The summed E-state index contributed by atoms with van der Waals surface area (Å²) in [6, 6.07) is 5.50. The molecule has 1 aromatic heterocycles. The van der Waals surface area contributed by atoms with E-state index in [1.165, 1.54) is 0 Å². The number of aryl methyl sites for hydroxylation is 1. The number of aldehydes is 1. The summed E-state index contributed by atoms with van der Waals surface area (Å²) in [4.78, 5) is 10.7. The Bertz CT molecular complexity index is 482. The summed E-state index contributed by atoms with van der Waals surface area (Å²) < 4.78 is 10.4. The van der Waals surface area contributed by atoms with Gasteiger partial charge in [-0.15, -0.1) is 0 Å². The molecule has 0 fully saturated rings. The Balaban J connectivity index is 2.76. The number of hydrogen-bond acceptors (Lipinski definition) is 3. The van der Waals surface area contributed by atoms with E-state index >= 15 is 0 Å². The van der Waals surface area contributed by atoms with Crippen molar-refractivity contribution in [2.24, 2.45) is 0 Å². The van der Waals surface area contributed by atoms with Gasteiger partial charge in [0.1, 0.15) is 11.5 Å². The Kier molecular flexibility index (Phi) is 2.00. The van der Waals surface area contributed by atoms with Crippen molar-refractivity contribution in [1.82, 2.24) is 0 Å². The summed E-state index contributed by atoms with van der Waals surface area (Å²) >= 11 is 0. The molecule has 72 valence electrons. The molecule has 2 aromatic rings. The zero-order valence-corrected chi connectivity index (χ0v) is 8.03. The maximum Gasteiger partial charge on any atom is 0.185 e. The first-order valence-electron chi connectivity index (χ1n) is 4.28. The van der Waals surface area contributed by atoms with Crippen LogP contribution in [0.25, 0.3) is 10.8 Å². The van der Waals surface area contributed by atoms with Crippen molar-refractivity contribution in [3.8, 4) is 5.75 Å². The van der Waals surface area contributed by atoms with Gasteiger partial charge in [-0.05, 0) is 25.1 Å². The predicted molar refractivity (Wildman–Crippen MR) is 52.9 cm³/mol. The number of furan rings is 1. The van der Waals surface area contributed by atoms with Gasteiger partial charge in [-0.25, -0.2) is 0 Å². The van der Waals surface area contributed by atoms with Crippen molar-refractivity contribution in [3.05, 3.63) is 29.7 Å². The molecule has 1 heterocycles. The number of ether oxygens (including phenoxy) is 1. The Hall–Kier alpha value is -1.77. The van der Waals surface area contributed by atoms with Crippen LogP contribution in [0.3, 0.4) is 0 Å². The second-order valence-electron chi connectivity index (χ2n) is 3.05. The number of methoxy groups -OCH3 is 1. The van der Waals surface area contributed by atoms with Gasteiger partial charge in [-0.2, -0.15) is 0 Å². The molecule has 0 spiro atoms. The summed E-state index contributed by atoms with van der Waals surface area (Å²) in [5, 5.41) is 1.75. The quantitative estimate of drug-likeness (QED) is 0.683. The molecule has 0 aliphatic heterocycles. The average Bonchev–Trinajstić information content (AvgIpc) is 2.55. The molecule has 14 heavy (non-hydrogen) atoms. The van der Waals surface area contributed by atoms with E-state index in [4.69, 9.17) is 9.15 Å². The average molecular weight is 190 g/mol. The third-order valence-corrected chi connectivity index (χ3v) is 2.24. The Morgan fingerprint density at radius 1 is 1.36 bits per heavy atom. The van der Waals surface area contributed by atoms with Crippen molar-refractivity contribution < 1.29 is 13.9 Å². The summed E-state index contributed by atoms with van der Waals surface area (Å²) in [7, 11) is 1.61. The van der Waals surface area contributed by atoms with Gasteiger partial charge < -0.3 is 9.15 Å². The maximum absolute atomic E-state index is 10.7. The Labute approximate surface area is 81.3 Å². The van der Waals surface area contributed by atoms with Crippen LogP contribution in [0.15, 0.2) is 22.6 Å². The zero-order chi connectivity index (χ0) is 10.1. The third kappa shape index (κ3) is 1.18. The molecule has 2 rings (SSSR count). The molecule has 0 saturated carbocycles. The fourth-order valence-electron chi connectivity index (χ4n) is 1.52. The van der Waals surface area contributed by atoms with Crippen LogP contribution in [-0.4, -0.2) is 13.4 Å². The fraction of sp³-hybridized carbons (Fsp3) is 0.182. The van der Waals surface area contributed by atoms with Crippen molar-refractivity contribution in [2.45, 2.75) is 6.92 Å². The lowest BCUT2D eigenvalue weighted by atomic mass is 10.1. The van der Waals surface area contributed by atoms with Crippen LogP contribution in [0.2, 0.25) is 0 Å². The van der Waals surface area contributed by atoms with Gasteiger partial charge in [0.2, 0.25) is 0 Å². The van der Waals surface area contributed by atoms with E-state index in [1.54, 1.807) is 7.11 Å². The molecule has 0 unspecified atom stereocenters. The van der Waals surface area contributed by atoms with Crippen molar-refractivity contribution >= 4 is 17.1 Å². The smallest absolute Gasteiger partial charge is 0.185 e. The minimum Gasteiger partial charge on any atom is -0.497 e. The number of carbonyl (C=O) groups excluding carboxylic acids is 1. The first-order chi connectivity index (χ1) is 6.76. The molecular formula is C11H10O3. The van der Waals surface area contributed by atoms with Crippen LogP contribution in [0.4, 0.5) is 0 Å². The molecule has 0 bridgehead atoms. The SMILES string of the molecule is COc1ccc2c(C=O)oc(C)c2c1. The highest BCUT2D eigenvalue weighted by molar-refractivity contribution is 5.97. The molecule has 0 amide bonds. The summed E-state index contributed by atoms with van der Waals surface area (Å²) in [5.41, 5.74) is 0. The Morgan fingerprint density at radius 3 is 2.79 bits per heavy atom. The van der Waals surface area contributed by atoms with Crippen LogP contribution >= 0.6 is 0 Å². The number of benzene rings is 1. The second-order valence-corrected chi connectivity index (χ2v) is 3.05. The number of rotatable bonds is 2. The fourth-order valence-corrected chi connectivity index (χ4v) is 1.52. The van der Waals surface area contributed by atoms with Gasteiger partial charge in [-0.1, -0.05) is 0 Å². The largest absolute Gasteiger partial charge is 0.497 e. The lowest BCUT2D eigenvalue weighted by Gasteiger charge is -1.98. The maximum atomic E-state index is 10.7. The molecule has 3 heteroatoms. The molecule has 0 N–H and O–H groups in total. The monoisotopic (exact) mass is 190 g/mol. The Morgan fingerprint density at radius 2 is 2.14 bits per heavy atom. The van der Waals surface area contributed by atoms with Crippen LogP contribution in [0.1, 0.15) is 16.3 Å². The molecule has 1 aromatic carbocycles. The van der Waals surface area contributed by atoms with Gasteiger partial charge in [0, 0.05) is 10.8 Å². The first kappa shape index (κ1) is 8.81. The van der Waals surface area contributed by atoms with Crippen LogP contribution in [-0.2, 0) is 0 Å². The highest BCUT2D eigenvalue weighted by Gasteiger charge is 2.09. The number of carbonyl (C=O) groups is 1. The van der Waals surface area contributed by atoms with Crippen LogP contribution < -0.4 is 4.74 Å². The van der Waals surface area contributed by atoms with E-state index in [0.717, 1.165) is 28.6 Å². The lowest BCUT2D eigenvalue weighted by molar-refractivity contribution is 0.110.